The Balaban J connectivity index is 2.11. The fraction of sp³-hybridized carbons (Fsp3) is 0.400. The molecular formula is C25H28BrNO2. The Bertz CT molecular complexity index is 1140. The van der Waals surface area contributed by atoms with Crippen molar-refractivity contribution in [3.8, 4) is 16.9 Å². The lowest BCUT2D eigenvalue weighted by atomic mass is 9.86. The number of ether oxygens (including phenoxy) is 1. The van der Waals surface area contributed by atoms with Crippen molar-refractivity contribution in [3.63, 3.8) is 0 Å². The van der Waals surface area contributed by atoms with Crippen LogP contribution in [-0.2, 0) is 19.4 Å². The van der Waals surface area contributed by atoms with Crippen LogP contribution in [0.1, 0.15) is 44.9 Å². The van der Waals surface area contributed by atoms with E-state index < -0.39 is 0 Å². The first-order chi connectivity index (χ1) is 13.8. The molecule has 1 heterocycles. The van der Waals surface area contributed by atoms with Gasteiger partial charge in [-0.05, 0) is 69.4 Å². The van der Waals surface area contributed by atoms with Crippen LogP contribution in [-0.4, -0.2) is 11.7 Å². The topological polar surface area (TPSA) is 31.2 Å². The third-order valence-electron chi connectivity index (χ3n) is 5.71. The monoisotopic (exact) mass is 453 g/mol. The Morgan fingerprint density at radius 3 is 2.48 bits per heavy atom. The van der Waals surface area contributed by atoms with Gasteiger partial charge in [0.15, 0.2) is 0 Å². The van der Waals surface area contributed by atoms with Crippen molar-refractivity contribution in [2.45, 2.75) is 53.0 Å². The summed E-state index contributed by atoms with van der Waals surface area (Å²) in [4.78, 5) is 13.5. The molecule has 0 saturated heterocycles. The van der Waals surface area contributed by atoms with Crippen molar-refractivity contribution in [1.29, 1.82) is 0 Å². The maximum atomic E-state index is 13.5. The van der Waals surface area contributed by atoms with Gasteiger partial charge in [-0.2, -0.15) is 0 Å². The van der Waals surface area contributed by atoms with Gasteiger partial charge in [0, 0.05) is 23.4 Å². The van der Waals surface area contributed by atoms with Gasteiger partial charge in [0.05, 0.1) is 11.6 Å². The van der Waals surface area contributed by atoms with Gasteiger partial charge >= 0.3 is 0 Å². The van der Waals surface area contributed by atoms with E-state index in [0.717, 1.165) is 59.9 Å². The number of benzene rings is 2. The smallest absolute Gasteiger partial charge is 0.265 e. The highest BCUT2D eigenvalue weighted by Gasteiger charge is 2.27. The molecule has 3 aromatic rings. The SMILES string of the molecule is COc1ccc2ccccc2c1-c1c2c(n(CC(C)(C)C)c(=O)c1Br)CCCC2. The van der Waals surface area contributed by atoms with Gasteiger partial charge in [-0.1, -0.05) is 51.1 Å². The van der Waals surface area contributed by atoms with Crippen molar-refractivity contribution in [2.75, 3.05) is 7.11 Å². The van der Waals surface area contributed by atoms with E-state index in [1.165, 1.54) is 11.3 Å². The Kier molecular flexibility index (Phi) is 5.32. The summed E-state index contributed by atoms with van der Waals surface area (Å²) in [5.41, 5.74) is 4.63. The third kappa shape index (κ3) is 3.63. The number of aromatic nitrogens is 1. The average molecular weight is 454 g/mol. The molecule has 0 amide bonds. The maximum Gasteiger partial charge on any atom is 0.265 e. The molecule has 0 aliphatic heterocycles. The molecule has 0 saturated carbocycles. The normalized spacial score (nSPS) is 14.1. The highest BCUT2D eigenvalue weighted by molar-refractivity contribution is 9.10. The summed E-state index contributed by atoms with van der Waals surface area (Å²) in [6, 6.07) is 12.4. The molecule has 152 valence electrons. The molecule has 0 unspecified atom stereocenters. The van der Waals surface area contributed by atoms with Gasteiger partial charge < -0.3 is 9.30 Å². The molecule has 0 bridgehead atoms. The van der Waals surface area contributed by atoms with Gasteiger partial charge in [0.2, 0.25) is 0 Å². The summed E-state index contributed by atoms with van der Waals surface area (Å²) in [6.07, 6.45) is 4.21. The van der Waals surface area contributed by atoms with Crippen LogP contribution in [0.5, 0.6) is 5.75 Å². The molecule has 3 nitrogen and oxygen atoms in total. The van der Waals surface area contributed by atoms with Crippen molar-refractivity contribution in [2.24, 2.45) is 5.41 Å². The molecule has 0 N–H and O–H groups in total. The zero-order valence-corrected chi connectivity index (χ0v) is 19.2. The number of nitrogens with zero attached hydrogens (tertiary/aromatic N) is 1. The fourth-order valence-electron chi connectivity index (χ4n) is 4.52. The zero-order chi connectivity index (χ0) is 20.8. The Morgan fingerprint density at radius 1 is 1.03 bits per heavy atom. The van der Waals surface area contributed by atoms with Gasteiger partial charge in [0.1, 0.15) is 5.75 Å². The fourth-order valence-corrected chi connectivity index (χ4v) is 5.17. The molecule has 0 radical (unpaired) electrons. The van der Waals surface area contributed by atoms with Crippen LogP contribution in [0.4, 0.5) is 0 Å². The van der Waals surface area contributed by atoms with Crippen LogP contribution in [0, 0.1) is 5.41 Å². The minimum Gasteiger partial charge on any atom is -0.496 e. The first-order valence-electron chi connectivity index (χ1n) is 10.3. The van der Waals surface area contributed by atoms with Crippen molar-refractivity contribution >= 4 is 26.7 Å². The highest BCUT2D eigenvalue weighted by atomic mass is 79.9. The third-order valence-corrected chi connectivity index (χ3v) is 6.45. The van der Waals surface area contributed by atoms with Crippen LogP contribution in [0.15, 0.2) is 45.7 Å². The first-order valence-corrected chi connectivity index (χ1v) is 11.1. The van der Waals surface area contributed by atoms with E-state index in [1.807, 2.05) is 22.8 Å². The molecule has 1 aromatic heterocycles. The lowest BCUT2D eigenvalue weighted by Gasteiger charge is -2.29. The lowest BCUT2D eigenvalue weighted by Crippen LogP contribution is -2.33. The number of hydrogen-bond acceptors (Lipinski definition) is 2. The minimum atomic E-state index is 0.0349. The standard InChI is InChI=1S/C25H28BrNO2/c1-25(2,3)15-27-19-12-8-7-11-18(19)22(23(26)24(27)28)21-17-10-6-5-9-16(17)13-14-20(21)29-4/h5-6,9-10,13-14H,7-8,11-12,15H2,1-4H3. The van der Waals surface area contributed by atoms with E-state index in [0.29, 0.717) is 4.47 Å². The first kappa shape index (κ1) is 20.2. The quantitative estimate of drug-likeness (QED) is 0.461. The second kappa shape index (κ2) is 7.64. The van der Waals surface area contributed by atoms with Gasteiger partial charge in [-0.15, -0.1) is 0 Å². The van der Waals surface area contributed by atoms with E-state index in [1.54, 1.807) is 7.11 Å². The minimum absolute atomic E-state index is 0.0349. The molecule has 1 aliphatic rings. The van der Waals surface area contributed by atoms with Crippen LogP contribution in [0.3, 0.4) is 0 Å². The van der Waals surface area contributed by atoms with Gasteiger partial charge in [-0.25, -0.2) is 0 Å². The summed E-state index contributed by atoms with van der Waals surface area (Å²) in [7, 11) is 1.70. The molecule has 4 rings (SSSR count). The summed E-state index contributed by atoms with van der Waals surface area (Å²) in [5.74, 6) is 0.810. The number of halogens is 1. The molecule has 2 aromatic carbocycles. The highest BCUT2D eigenvalue weighted by Crippen LogP contribution is 2.44. The van der Waals surface area contributed by atoms with Crippen molar-refractivity contribution < 1.29 is 4.74 Å². The number of fused-ring (bicyclic) bond motifs is 2. The summed E-state index contributed by atoms with van der Waals surface area (Å²) in [5, 5.41) is 2.27. The summed E-state index contributed by atoms with van der Waals surface area (Å²) >= 11 is 3.71. The number of hydrogen-bond donors (Lipinski definition) is 0. The molecule has 29 heavy (non-hydrogen) atoms. The average Bonchev–Trinajstić information content (AvgIpc) is 2.70. The van der Waals surface area contributed by atoms with E-state index in [4.69, 9.17) is 4.74 Å². The Morgan fingerprint density at radius 2 is 1.76 bits per heavy atom. The number of pyridine rings is 1. The largest absolute Gasteiger partial charge is 0.496 e. The summed E-state index contributed by atoms with van der Waals surface area (Å²) in [6.45, 7) is 7.28. The maximum absolute atomic E-state index is 13.5. The van der Waals surface area contributed by atoms with Crippen LogP contribution in [0.2, 0.25) is 0 Å². The Labute approximate surface area is 180 Å². The predicted molar refractivity (Wildman–Crippen MR) is 124 cm³/mol. The molecule has 0 fully saturated rings. The second-order valence-corrected chi connectivity index (χ2v) is 9.93. The van der Waals surface area contributed by atoms with Crippen molar-refractivity contribution in [1.82, 2.24) is 4.57 Å². The number of rotatable bonds is 3. The molecule has 0 spiro atoms. The van der Waals surface area contributed by atoms with Crippen LogP contribution >= 0.6 is 15.9 Å². The second-order valence-electron chi connectivity index (χ2n) is 9.14. The van der Waals surface area contributed by atoms with E-state index in [-0.39, 0.29) is 11.0 Å². The molecule has 4 heteroatoms. The van der Waals surface area contributed by atoms with E-state index >= 15 is 0 Å². The zero-order valence-electron chi connectivity index (χ0n) is 17.6. The lowest BCUT2D eigenvalue weighted by molar-refractivity contribution is 0.329. The predicted octanol–water partition coefficient (Wildman–Crippen LogP) is 6.36. The van der Waals surface area contributed by atoms with Crippen LogP contribution < -0.4 is 10.3 Å². The molecule has 0 atom stereocenters. The van der Waals surface area contributed by atoms with E-state index in [9.17, 15) is 4.79 Å². The number of methoxy groups -OCH3 is 1. The molecule has 1 aliphatic carbocycles. The Hall–Kier alpha value is -2.07. The van der Waals surface area contributed by atoms with Gasteiger partial charge in [0.25, 0.3) is 5.56 Å². The van der Waals surface area contributed by atoms with E-state index in [2.05, 4.69) is 54.9 Å². The molecular weight excluding hydrogens is 426 g/mol. The summed E-state index contributed by atoms with van der Waals surface area (Å²) < 4.78 is 8.44. The van der Waals surface area contributed by atoms with Crippen LogP contribution in [0.25, 0.3) is 21.9 Å². The van der Waals surface area contributed by atoms with Gasteiger partial charge in [-0.3, -0.25) is 4.79 Å². The van der Waals surface area contributed by atoms with Crippen molar-refractivity contribution in [3.05, 3.63) is 62.5 Å².